The van der Waals surface area contributed by atoms with Crippen LogP contribution in [0, 0.1) is 0 Å². The van der Waals surface area contributed by atoms with Crippen LogP contribution in [-0.2, 0) is 33.9 Å². The van der Waals surface area contributed by atoms with Crippen LogP contribution in [0.15, 0.2) is 23.1 Å². The zero-order valence-electron chi connectivity index (χ0n) is 11.0. The first-order valence-corrected chi connectivity index (χ1v) is 9.15. The van der Waals surface area contributed by atoms with Crippen molar-refractivity contribution in [2.75, 3.05) is 12.8 Å². The summed E-state index contributed by atoms with van der Waals surface area (Å²) in [6.07, 6.45) is 1.57. The van der Waals surface area contributed by atoms with Gasteiger partial charge in [-0.1, -0.05) is 6.07 Å². The smallest absolute Gasteiger partial charge is 0.240 e. The van der Waals surface area contributed by atoms with Crippen LogP contribution < -0.4 is 10.0 Å². The molecular weight excluding hydrogens is 284 g/mol. The summed E-state index contributed by atoms with van der Waals surface area (Å²) in [5.41, 5.74) is 2.16. The minimum Gasteiger partial charge on any atom is -0.309 e. The van der Waals surface area contributed by atoms with Crippen LogP contribution in [0.5, 0.6) is 0 Å². The second-order valence-electron chi connectivity index (χ2n) is 4.70. The van der Waals surface area contributed by atoms with E-state index in [-0.39, 0.29) is 16.7 Å². The highest BCUT2D eigenvalue weighted by Crippen LogP contribution is 2.19. The average Bonchev–Trinajstić information content (AvgIpc) is 2.82. The maximum Gasteiger partial charge on any atom is 0.240 e. The molecule has 0 saturated carbocycles. The Morgan fingerprint density at radius 3 is 2.74 bits per heavy atom. The molecule has 2 unspecified atom stereocenters. The van der Waals surface area contributed by atoms with E-state index in [1.54, 1.807) is 25.3 Å². The van der Waals surface area contributed by atoms with E-state index in [0.29, 0.717) is 6.54 Å². The molecule has 0 saturated heterocycles. The first kappa shape index (κ1) is 14.6. The van der Waals surface area contributed by atoms with E-state index in [1.165, 1.54) is 0 Å². The molecule has 0 radical (unpaired) electrons. The Bertz CT molecular complexity index is 599. The quantitative estimate of drug-likeness (QED) is 0.822. The molecule has 0 aliphatic carbocycles. The molecule has 0 fully saturated rings. The molecule has 7 heteroatoms. The number of fused-ring (bicyclic) bond motifs is 1. The summed E-state index contributed by atoms with van der Waals surface area (Å²) in [7, 11) is -4.56. The highest BCUT2D eigenvalue weighted by Gasteiger charge is 2.19. The lowest BCUT2D eigenvalue weighted by Crippen LogP contribution is -2.32. The van der Waals surface area contributed by atoms with E-state index < -0.39 is 20.8 Å². The summed E-state index contributed by atoms with van der Waals surface area (Å²) in [6, 6.07) is 5.15. The molecular formula is C12H18N2O3S2. The van der Waals surface area contributed by atoms with Crippen molar-refractivity contribution in [3.63, 3.8) is 0 Å². The van der Waals surface area contributed by atoms with Crippen LogP contribution in [0.2, 0.25) is 0 Å². The van der Waals surface area contributed by atoms with Crippen molar-refractivity contribution in [3.8, 4) is 0 Å². The zero-order chi connectivity index (χ0) is 14.0. The van der Waals surface area contributed by atoms with Crippen LogP contribution in [0.4, 0.5) is 0 Å². The maximum absolute atomic E-state index is 12.1. The van der Waals surface area contributed by atoms with Crippen molar-refractivity contribution in [2.45, 2.75) is 30.2 Å². The molecule has 19 heavy (non-hydrogen) atoms. The molecule has 0 aromatic heterocycles. The monoisotopic (exact) mass is 302 g/mol. The van der Waals surface area contributed by atoms with Gasteiger partial charge < -0.3 is 5.32 Å². The molecule has 2 rings (SSSR count). The topological polar surface area (TPSA) is 75.3 Å². The summed E-state index contributed by atoms with van der Waals surface area (Å²) in [4.78, 5) is 0.268. The first-order valence-electron chi connectivity index (χ1n) is 6.04. The number of benzene rings is 1. The normalized spacial score (nSPS) is 18.0. The van der Waals surface area contributed by atoms with Gasteiger partial charge in [0.05, 0.1) is 4.90 Å². The van der Waals surface area contributed by atoms with Gasteiger partial charge in [-0.25, -0.2) is 13.1 Å². The molecule has 0 spiro atoms. The molecule has 106 valence electrons. The highest BCUT2D eigenvalue weighted by atomic mass is 32.2. The van der Waals surface area contributed by atoms with Crippen LogP contribution in [-0.4, -0.2) is 30.7 Å². The number of sulfonamides is 1. The maximum atomic E-state index is 12.1. The van der Waals surface area contributed by atoms with Crippen LogP contribution >= 0.6 is 0 Å². The van der Waals surface area contributed by atoms with Gasteiger partial charge in [0.1, 0.15) is 0 Å². The van der Waals surface area contributed by atoms with Gasteiger partial charge in [-0.05, 0) is 30.2 Å². The summed E-state index contributed by atoms with van der Waals surface area (Å²) in [6.45, 7) is 3.43. The van der Waals surface area contributed by atoms with Crippen LogP contribution in [0.3, 0.4) is 0 Å². The van der Waals surface area contributed by atoms with E-state index in [0.717, 1.165) is 17.7 Å². The number of hydrogen-bond donors (Lipinski definition) is 2. The van der Waals surface area contributed by atoms with E-state index in [1.807, 2.05) is 6.07 Å². The Labute approximate surface area is 116 Å². The molecule has 1 heterocycles. The second-order valence-corrected chi connectivity index (χ2v) is 8.26. The number of rotatable bonds is 5. The first-order chi connectivity index (χ1) is 8.90. The van der Waals surface area contributed by atoms with Crippen molar-refractivity contribution in [1.29, 1.82) is 0 Å². The average molecular weight is 302 g/mol. The lowest BCUT2D eigenvalue weighted by atomic mass is 10.1. The molecule has 2 N–H and O–H groups in total. The van der Waals surface area contributed by atoms with Gasteiger partial charge in [0.25, 0.3) is 0 Å². The Kier molecular flexibility index (Phi) is 4.39. The lowest BCUT2D eigenvalue weighted by Gasteiger charge is -2.11. The van der Waals surface area contributed by atoms with Crippen molar-refractivity contribution in [2.24, 2.45) is 0 Å². The Morgan fingerprint density at radius 2 is 2.05 bits per heavy atom. The molecule has 2 atom stereocenters. The predicted octanol–water partition coefficient (Wildman–Crippen LogP) is 0.335. The molecule has 0 bridgehead atoms. The highest BCUT2D eigenvalue weighted by molar-refractivity contribution is 7.89. The van der Waals surface area contributed by atoms with Gasteiger partial charge >= 0.3 is 0 Å². The standard InChI is InChI=1S/C12H18N2O3S2/c1-9(18(2)15)6-14-19(16,17)12-4-3-10-7-13-8-11(10)5-12/h3-5,9,13-14H,6-8H2,1-2H3. The van der Waals surface area contributed by atoms with Gasteiger partial charge in [0, 0.05) is 41.9 Å². The SMILES string of the molecule is CC(CNS(=O)(=O)c1ccc2c(c1)CNC2)S(C)=O. The van der Waals surface area contributed by atoms with E-state index >= 15 is 0 Å². The molecule has 1 aromatic carbocycles. The molecule has 1 aliphatic heterocycles. The third kappa shape index (κ3) is 3.42. The largest absolute Gasteiger partial charge is 0.309 e. The summed E-state index contributed by atoms with van der Waals surface area (Å²) in [5.74, 6) is 0. The van der Waals surface area contributed by atoms with Gasteiger partial charge in [-0.15, -0.1) is 0 Å². The summed E-state index contributed by atoms with van der Waals surface area (Å²) in [5, 5.41) is 2.97. The molecule has 0 amide bonds. The lowest BCUT2D eigenvalue weighted by molar-refractivity contribution is 0.580. The Morgan fingerprint density at radius 1 is 1.37 bits per heavy atom. The summed E-state index contributed by atoms with van der Waals surface area (Å²) >= 11 is 0. The Hall–Kier alpha value is -0.760. The van der Waals surface area contributed by atoms with Crippen molar-refractivity contribution in [3.05, 3.63) is 29.3 Å². The van der Waals surface area contributed by atoms with Crippen molar-refractivity contribution >= 4 is 20.8 Å². The second kappa shape index (κ2) is 5.70. The van der Waals surface area contributed by atoms with E-state index in [4.69, 9.17) is 0 Å². The zero-order valence-corrected chi connectivity index (χ0v) is 12.6. The fraction of sp³-hybridized carbons (Fsp3) is 0.500. The number of hydrogen-bond acceptors (Lipinski definition) is 4. The molecule has 1 aromatic rings. The minimum absolute atomic E-state index is 0.181. The van der Waals surface area contributed by atoms with Crippen molar-refractivity contribution in [1.82, 2.24) is 10.0 Å². The van der Waals surface area contributed by atoms with E-state index in [9.17, 15) is 12.6 Å². The van der Waals surface area contributed by atoms with E-state index in [2.05, 4.69) is 10.0 Å². The van der Waals surface area contributed by atoms with Crippen LogP contribution in [0.25, 0.3) is 0 Å². The van der Waals surface area contributed by atoms with Crippen LogP contribution in [0.1, 0.15) is 18.1 Å². The van der Waals surface area contributed by atoms with Gasteiger partial charge in [0.2, 0.25) is 10.0 Å². The predicted molar refractivity (Wildman–Crippen MR) is 75.7 cm³/mol. The fourth-order valence-electron chi connectivity index (χ4n) is 1.87. The van der Waals surface area contributed by atoms with Gasteiger partial charge in [-0.3, -0.25) is 4.21 Å². The third-order valence-electron chi connectivity index (χ3n) is 3.25. The number of nitrogens with one attached hydrogen (secondary N) is 2. The van der Waals surface area contributed by atoms with Crippen molar-refractivity contribution < 1.29 is 12.6 Å². The third-order valence-corrected chi connectivity index (χ3v) is 5.97. The van der Waals surface area contributed by atoms with Gasteiger partial charge in [-0.2, -0.15) is 0 Å². The minimum atomic E-state index is -3.52. The fourth-order valence-corrected chi connectivity index (χ4v) is 3.47. The van der Waals surface area contributed by atoms with Gasteiger partial charge in [0.15, 0.2) is 0 Å². The summed E-state index contributed by atoms with van der Waals surface area (Å²) < 4.78 is 38.0. The molecule has 5 nitrogen and oxygen atoms in total. The molecule has 1 aliphatic rings. The Balaban J connectivity index is 2.14.